The average molecular weight is 330 g/mol. The van der Waals surface area contributed by atoms with E-state index in [0.29, 0.717) is 13.0 Å². The highest BCUT2D eigenvalue weighted by molar-refractivity contribution is 5.77. The molecule has 1 aromatic heterocycles. The van der Waals surface area contributed by atoms with Crippen LogP contribution >= 0.6 is 0 Å². The van der Waals surface area contributed by atoms with E-state index in [-0.39, 0.29) is 11.8 Å². The summed E-state index contributed by atoms with van der Waals surface area (Å²) in [5.74, 6) is 0.0947. The lowest BCUT2D eigenvalue weighted by Crippen LogP contribution is -2.25. The molecule has 2 aromatic carbocycles. The summed E-state index contributed by atoms with van der Waals surface area (Å²) in [5.41, 5.74) is 4.57. The Balaban J connectivity index is 1.76. The fourth-order valence-electron chi connectivity index (χ4n) is 3.03. The van der Waals surface area contributed by atoms with Gasteiger partial charge in [-0.3, -0.25) is 9.78 Å². The molecule has 0 bridgehead atoms. The van der Waals surface area contributed by atoms with Gasteiger partial charge in [0.1, 0.15) is 0 Å². The van der Waals surface area contributed by atoms with Crippen molar-refractivity contribution in [1.29, 1.82) is 0 Å². The lowest BCUT2D eigenvalue weighted by atomic mass is 9.86. The number of aromatic nitrogens is 1. The van der Waals surface area contributed by atoms with Gasteiger partial charge in [-0.2, -0.15) is 0 Å². The van der Waals surface area contributed by atoms with Gasteiger partial charge in [0.25, 0.3) is 0 Å². The van der Waals surface area contributed by atoms with Gasteiger partial charge in [0, 0.05) is 31.3 Å². The van der Waals surface area contributed by atoms with Crippen LogP contribution in [-0.4, -0.2) is 10.9 Å². The van der Waals surface area contributed by atoms with E-state index >= 15 is 0 Å². The van der Waals surface area contributed by atoms with Crippen molar-refractivity contribution in [3.8, 4) is 0 Å². The van der Waals surface area contributed by atoms with Crippen molar-refractivity contribution in [2.75, 3.05) is 0 Å². The minimum Gasteiger partial charge on any atom is -0.352 e. The molecule has 0 aliphatic heterocycles. The second-order valence-electron chi connectivity index (χ2n) is 6.16. The third kappa shape index (κ3) is 4.54. The van der Waals surface area contributed by atoms with Crippen LogP contribution in [0.2, 0.25) is 0 Å². The van der Waals surface area contributed by atoms with Crippen LogP contribution in [-0.2, 0) is 11.3 Å². The first kappa shape index (κ1) is 16.9. The molecule has 0 aliphatic rings. The van der Waals surface area contributed by atoms with Crippen molar-refractivity contribution in [2.45, 2.75) is 25.8 Å². The van der Waals surface area contributed by atoms with E-state index in [1.807, 2.05) is 42.5 Å². The molecule has 0 saturated carbocycles. The van der Waals surface area contributed by atoms with Gasteiger partial charge in [-0.05, 0) is 35.2 Å². The predicted octanol–water partition coefficient (Wildman–Crippen LogP) is 4.23. The van der Waals surface area contributed by atoms with Crippen LogP contribution < -0.4 is 5.32 Å². The number of amides is 1. The predicted molar refractivity (Wildman–Crippen MR) is 100 cm³/mol. The van der Waals surface area contributed by atoms with E-state index in [4.69, 9.17) is 0 Å². The van der Waals surface area contributed by atoms with Crippen LogP contribution in [0, 0.1) is 6.92 Å². The molecule has 0 unspecified atom stereocenters. The van der Waals surface area contributed by atoms with Crippen molar-refractivity contribution in [1.82, 2.24) is 10.3 Å². The molecule has 3 rings (SSSR count). The van der Waals surface area contributed by atoms with Gasteiger partial charge in [0.2, 0.25) is 5.91 Å². The maximum Gasteiger partial charge on any atom is 0.221 e. The van der Waals surface area contributed by atoms with E-state index < -0.39 is 0 Å². The molecule has 1 heterocycles. The van der Waals surface area contributed by atoms with Gasteiger partial charge in [-0.25, -0.2) is 0 Å². The number of carbonyl (C=O) groups excluding carboxylic acids is 1. The summed E-state index contributed by atoms with van der Waals surface area (Å²) >= 11 is 0. The van der Waals surface area contributed by atoms with Crippen LogP contribution in [0.15, 0.2) is 79.1 Å². The summed E-state index contributed by atoms with van der Waals surface area (Å²) in [6, 6.07) is 22.3. The van der Waals surface area contributed by atoms with Crippen LogP contribution in [0.4, 0.5) is 0 Å². The Morgan fingerprint density at radius 3 is 2.48 bits per heavy atom. The molecule has 3 heteroatoms. The zero-order valence-corrected chi connectivity index (χ0v) is 14.4. The quantitative estimate of drug-likeness (QED) is 0.735. The molecule has 1 N–H and O–H groups in total. The Kier molecular flexibility index (Phi) is 5.57. The monoisotopic (exact) mass is 330 g/mol. The third-order valence-corrected chi connectivity index (χ3v) is 4.37. The number of carbonyl (C=O) groups is 1. The summed E-state index contributed by atoms with van der Waals surface area (Å²) in [6.45, 7) is 2.60. The standard InChI is InChI=1S/C22H22N2O/c1-17-8-5-6-12-20(17)21(19-10-3-2-4-11-19)14-22(25)24-16-18-9-7-13-23-15-18/h2-13,15,21H,14,16H2,1H3,(H,24,25)/t21-/m0/s1. The van der Waals surface area contributed by atoms with Crippen molar-refractivity contribution >= 4 is 5.91 Å². The first-order valence-corrected chi connectivity index (χ1v) is 8.50. The molecular weight excluding hydrogens is 308 g/mol. The first-order chi connectivity index (χ1) is 12.2. The molecule has 3 nitrogen and oxygen atoms in total. The van der Waals surface area contributed by atoms with Gasteiger partial charge in [-0.15, -0.1) is 0 Å². The van der Waals surface area contributed by atoms with Crippen molar-refractivity contribution in [2.24, 2.45) is 0 Å². The SMILES string of the molecule is Cc1ccccc1[C@@H](CC(=O)NCc1cccnc1)c1ccccc1. The maximum absolute atomic E-state index is 12.6. The van der Waals surface area contributed by atoms with Crippen molar-refractivity contribution in [3.63, 3.8) is 0 Å². The Labute approximate surface area is 148 Å². The second-order valence-corrected chi connectivity index (χ2v) is 6.16. The summed E-state index contributed by atoms with van der Waals surface area (Å²) in [5, 5.41) is 3.01. The zero-order valence-electron chi connectivity index (χ0n) is 14.4. The number of pyridine rings is 1. The highest BCUT2D eigenvalue weighted by Crippen LogP contribution is 2.30. The molecule has 0 spiro atoms. The van der Waals surface area contributed by atoms with Gasteiger partial charge >= 0.3 is 0 Å². The fourth-order valence-corrected chi connectivity index (χ4v) is 3.03. The summed E-state index contributed by atoms with van der Waals surface area (Å²) < 4.78 is 0. The lowest BCUT2D eigenvalue weighted by Gasteiger charge is -2.20. The molecule has 0 fully saturated rings. The molecule has 25 heavy (non-hydrogen) atoms. The first-order valence-electron chi connectivity index (χ1n) is 8.50. The van der Waals surface area contributed by atoms with E-state index in [2.05, 4.69) is 41.5 Å². The largest absolute Gasteiger partial charge is 0.352 e. The summed E-state index contributed by atoms with van der Waals surface area (Å²) in [4.78, 5) is 16.6. The average Bonchev–Trinajstić information content (AvgIpc) is 2.67. The van der Waals surface area contributed by atoms with Gasteiger partial charge in [0.15, 0.2) is 0 Å². The number of hydrogen-bond acceptors (Lipinski definition) is 2. The Hall–Kier alpha value is -2.94. The van der Waals surface area contributed by atoms with Crippen LogP contribution in [0.1, 0.15) is 34.6 Å². The second kappa shape index (κ2) is 8.25. The van der Waals surface area contributed by atoms with Crippen molar-refractivity contribution < 1.29 is 4.79 Å². The number of rotatable bonds is 6. The van der Waals surface area contributed by atoms with Crippen LogP contribution in [0.25, 0.3) is 0 Å². The minimum absolute atomic E-state index is 0.0426. The molecular formula is C22H22N2O. The fraction of sp³-hybridized carbons (Fsp3) is 0.182. The minimum atomic E-state index is 0.0426. The highest BCUT2D eigenvalue weighted by atomic mass is 16.1. The molecule has 3 aromatic rings. The molecule has 0 saturated heterocycles. The lowest BCUT2D eigenvalue weighted by molar-refractivity contribution is -0.121. The topological polar surface area (TPSA) is 42.0 Å². The van der Waals surface area contributed by atoms with Gasteiger partial charge in [-0.1, -0.05) is 60.7 Å². The normalized spacial score (nSPS) is 11.7. The molecule has 0 radical (unpaired) electrons. The smallest absolute Gasteiger partial charge is 0.221 e. The zero-order chi connectivity index (χ0) is 17.5. The molecule has 126 valence electrons. The highest BCUT2D eigenvalue weighted by Gasteiger charge is 2.19. The maximum atomic E-state index is 12.6. The summed E-state index contributed by atoms with van der Waals surface area (Å²) in [7, 11) is 0. The molecule has 1 atom stereocenters. The van der Waals surface area contributed by atoms with E-state index in [1.165, 1.54) is 11.1 Å². The van der Waals surface area contributed by atoms with E-state index in [9.17, 15) is 4.79 Å². The van der Waals surface area contributed by atoms with Crippen LogP contribution in [0.5, 0.6) is 0 Å². The summed E-state index contributed by atoms with van der Waals surface area (Å²) in [6.07, 6.45) is 3.93. The number of benzene rings is 2. The Morgan fingerprint density at radius 1 is 1.00 bits per heavy atom. The van der Waals surface area contributed by atoms with E-state index in [0.717, 1.165) is 11.1 Å². The molecule has 0 aliphatic carbocycles. The Morgan fingerprint density at radius 2 is 1.76 bits per heavy atom. The third-order valence-electron chi connectivity index (χ3n) is 4.37. The Bertz CT molecular complexity index is 816. The number of nitrogens with zero attached hydrogens (tertiary/aromatic N) is 1. The number of hydrogen-bond donors (Lipinski definition) is 1. The van der Waals surface area contributed by atoms with Crippen molar-refractivity contribution in [3.05, 3.63) is 101 Å². The molecule has 1 amide bonds. The van der Waals surface area contributed by atoms with E-state index in [1.54, 1.807) is 12.4 Å². The van der Waals surface area contributed by atoms with Gasteiger partial charge in [0.05, 0.1) is 0 Å². The van der Waals surface area contributed by atoms with Gasteiger partial charge < -0.3 is 5.32 Å². The number of aryl methyl sites for hydroxylation is 1. The number of nitrogens with one attached hydrogen (secondary N) is 1. The van der Waals surface area contributed by atoms with Crippen LogP contribution in [0.3, 0.4) is 0 Å².